The van der Waals surface area contributed by atoms with E-state index in [1.807, 2.05) is 0 Å². The molecule has 0 heterocycles. The van der Waals surface area contributed by atoms with Crippen LogP contribution in [0.5, 0.6) is 0 Å². The molecule has 5 nitrogen and oxygen atoms in total. The largest absolute Gasteiger partial charge is 1.00 e. The Balaban J connectivity index is 0.00000225. The summed E-state index contributed by atoms with van der Waals surface area (Å²) in [5, 5.41) is 0. The van der Waals surface area contributed by atoms with E-state index in [1.54, 1.807) is 18.2 Å². The molecule has 84 valence electrons. The van der Waals surface area contributed by atoms with Crippen LogP contribution in [0.3, 0.4) is 0 Å². The zero-order valence-electron chi connectivity index (χ0n) is 8.75. The average Bonchev–Trinajstić information content (AvgIpc) is 2.18. The van der Waals surface area contributed by atoms with Crippen LogP contribution in [0, 0.1) is 0 Å². The Kier molecular flexibility index (Phi) is 7.66. The van der Waals surface area contributed by atoms with Crippen molar-refractivity contribution < 1.29 is 46.7 Å². The first kappa shape index (κ1) is 16.2. The van der Waals surface area contributed by atoms with Gasteiger partial charge in [0.25, 0.3) is 0 Å². The molecule has 1 aromatic carbocycles. The van der Waals surface area contributed by atoms with E-state index in [0.717, 1.165) is 0 Å². The number of hydrogen-bond donors (Lipinski definition) is 1. The maximum Gasteiger partial charge on any atom is 1.00 e. The molecule has 0 fully saturated rings. The van der Waals surface area contributed by atoms with Gasteiger partial charge in [-0.2, -0.15) is 0 Å². The Labute approximate surface area is 119 Å². The summed E-state index contributed by atoms with van der Waals surface area (Å²) in [6, 6.07) is 7.78. The predicted molar refractivity (Wildman–Crippen MR) is 55.4 cm³/mol. The zero-order chi connectivity index (χ0) is 11.3. The molecule has 0 amide bonds. The van der Waals surface area contributed by atoms with Crippen molar-refractivity contribution in [3.63, 3.8) is 0 Å². The molecule has 1 rings (SSSR count). The van der Waals surface area contributed by atoms with Crippen LogP contribution in [-0.2, 0) is 21.1 Å². The quantitative estimate of drug-likeness (QED) is 0.452. The van der Waals surface area contributed by atoms with E-state index in [4.69, 9.17) is 0 Å². The van der Waals surface area contributed by atoms with Crippen LogP contribution in [-0.4, -0.2) is 29.5 Å². The van der Waals surface area contributed by atoms with Gasteiger partial charge in [0.05, 0.1) is 4.90 Å². The van der Waals surface area contributed by atoms with Gasteiger partial charge in [-0.15, -0.1) is 0 Å². The SMILES string of the molecule is O=S([O-])CCNS(=O)(=O)c1ccccc1.[Na+]. The van der Waals surface area contributed by atoms with E-state index in [2.05, 4.69) is 4.72 Å². The maximum atomic E-state index is 11.5. The molecule has 1 atom stereocenters. The van der Waals surface area contributed by atoms with Crippen LogP contribution in [0.4, 0.5) is 0 Å². The average molecular weight is 271 g/mol. The van der Waals surface area contributed by atoms with Crippen molar-refractivity contribution in [1.82, 2.24) is 4.72 Å². The monoisotopic (exact) mass is 271 g/mol. The minimum atomic E-state index is -3.58. The minimum absolute atomic E-state index is 0. The molecule has 0 aliphatic rings. The second-order valence-electron chi connectivity index (χ2n) is 2.72. The first-order valence-corrected chi connectivity index (χ1v) is 6.86. The molecular formula is C8H10NNaO4S2. The van der Waals surface area contributed by atoms with Crippen LogP contribution in [0.15, 0.2) is 35.2 Å². The van der Waals surface area contributed by atoms with Crippen LogP contribution < -0.4 is 34.3 Å². The van der Waals surface area contributed by atoms with E-state index < -0.39 is 21.1 Å². The third-order valence-corrected chi connectivity index (χ3v) is 3.63. The van der Waals surface area contributed by atoms with Crippen molar-refractivity contribution in [2.45, 2.75) is 4.90 Å². The van der Waals surface area contributed by atoms with Gasteiger partial charge in [0.1, 0.15) is 0 Å². The molecule has 1 N–H and O–H groups in total. The van der Waals surface area contributed by atoms with Gasteiger partial charge >= 0.3 is 29.6 Å². The van der Waals surface area contributed by atoms with Gasteiger partial charge in [0.15, 0.2) is 0 Å². The molecule has 0 radical (unpaired) electrons. The summed E-state index contributed by atoms with van der Waals surface area (Å²) < 4.78 is 45.6. The molecular weight excluding hydrogens is 261 g/mol. The number of nitrogens with one attached hydrogen (secondary N) is 1. The minimum Gasteiger partial charge on any atom is -0.772 e. The smallest absolute Gasteiger partial charge is 0.772 e. The molecule has 0 saturated carbocycles. The first-order valence-electron chi connectivity index (χ1n) is 4.13. The van der Waals surface area contributed by atoms with E-state index in [1.165, 1.54) is 12.1 Å². The zero-order valence-corrected chi connectivity index (χ0v) is 12.4. The molecule has 16 heavy (non-hydrogen) atoms. The van der Waals surface area contributed by atoms with Crippen LogP contribution in [0.1, 0.15) is 0 Å². The summed E-state index contributed by atoms with van der Waals surface area (Å²) in [4.78, 5) is 0.127. The van der Waals surface area contributed by atoms with Gasteiger partial charge in [-0.3, -0.25) is 4.21 Å². The van der Waals surface area contributed by atoms with Gasteiger partial charge < -0.3 is 4.55 Å². The summed E-state index contributed by atoms with van der Waals surface area (Å²) in [7, 11) is -3.58. The fourth-order valence-corrected chi connectivity index (χ4v) is 2.39. The van der Waals surface area contributed by atoms with Crippen LogP contribution in [0.25, 0.3) is 0 Å². The molecule has 1 aromatic rings. The van der Waals surface area contributed by atoms with Crippen molar-refractivity contribution in [3.05, 3.63) is 30.3 Å². The first-order chi connectivity index (χ1) is 7.02. The van der Waals surface area contributed by atoms with Crippen molar-refractivity contribution >= 4 is 21.1 Å². The van der Waals surface area contributed by atoms with Gasteiger partial charge in [-0.1, -0.05) is 29.3 Å². The van der Waals surface area contributed by atoms with E-state index in [0.29, 0.717) is 0 Å². The summed E-state index contributed by atoms with van der Waals surface area (Å²) in [6.07, 6.45) is 0. The van der Waals surface area contributed by atoms with Crippen LogP contribution >= 0.6 is 0 Å². The second-order valence-corrected chi connectivity index (χ2v) is 5.50. The number of hydrogen-bond acceptors (Lipinski definition) is 4. The van der Waals surface area contributed by atoms with E-state index >= 15 is 0 Å². The van der Waals surface area contributed by atoms with Crippen molar-refractivity contribution in [2.24, 2.45) is 0 Å². The van der Waals surface area contributed by atoms with Gasteiger partial charge in [0, 0.05) is 12.3 Å². The summed E-state index contributed by atoms with van der Waals surface area (Å²) in [5.74, 6) is -0.230. The fourth-order valence-electron chi connectivity index (χ4n) is 0.942. The molecule has 0 aliphatic carbocycles. The van der Waals surface area contributed by atoms with Gasteiger partial charge in [0.2, 0.25) is 10.0 Å². The standard InChI is InChI=1S/C8H11NO4S2.Na/c10-14(11)7-6-9-15(12,13)8-4-2-1-3-5-8;/h1-5,9H,6-7H2,(H,10,11);/q;+1/p-1. The summed E-state index contributed by atoms with van der Waals surface area (Å²) in [5.41, 5.74) is 0. The fraction of sp³-hybridized carbons (Fsp3) is 0.250. The Morgan fingerprint density at radius 3 is 2.31 bits per heavy atom. The maximum absolute atomic E-state index is 11.5. The third-order valence-electron chi connectivity index (χ3n) is 1.61. The van der Waals surface area contributed by atoms with Crippen molar-refractivity contribution in [2.75, 3.05) is 12.3 Å². The van der Waals surface area contributed by atoms with E-state index in [9.17, 15) is 17.2 Å². The summed E-state index contributed by atoms with van der Waals surface area (Å²) >= 11 is -2.23. The Hall–Kier alpha value is 0.240. The molecule has 8 heteroatoms. The number of rotatable bonds is 5. The molecule has 0 aromatic heterocycles. The van der Waals surface area contributed by atoms with Gasteiger partial charge in [-0.25, -0.2) is 13.1 Å². The molecule has 0 saturated heterocycles. The topological polar surface area (TPSA) is 86.3 Å². The molecule has 1 unspecified atom stereocenters. The Morgan fingerprint density at radius 1 is 1.25 bits per heavy atom. The summed E-state index contributed by atoms with van der Waals surface area (Å²) in [6.45, 7) is -0.118. The normalized spacial score (nSPS) is 12.8. The second kappa shape index (κ2) is 7.54. The number of benzene rings is 1. The Bertz CT molecular complexity index is 435. The third kappa shape index (κ3) is 5.53. The van der Waals surface area contributed by atoms with E-state index in [-0.39, 0.29) is 46.8 Å². The van der Waals surface area contributed by atoms with Crippen LogP contribution in [0.2, 0.25) is 0 Å². The molecule has 0 spiro atoms. The van der Waals surface area contributed by atoms with Crippen molar-refractivity contribution in [3.8, 4) is 0 Å². The number of sulfonamides is 1. The van der Waals surface area contributed by atoms with Gasteiger partial charge in [-0.05, 0) is 12.1 Å². The Morgan fingerprint density at radius 2 is 1.81 bits per heavy atom. The molecule has 0 aliphatic heterocycles. The molecule has 0 bridgehead atoms. The van der Waals surface area contributed by atoms with Crippen molar-refractivity contribution in [1.29, 1.82) is 0 Å². The predicted octanol–water partition coefficient (Wildman–Crippen LogP) is -3.15.